The molecular formula is C21H19N3O3S. The van der Waals surface area contributed by atoms with Gasteiger partial charge in [0.2, 0.25) is 5.69 Å². The number of nitrogens with one attached hydrogen (secondary N) is 2. The molecule has 4 aromatic rings. The highest BCUT2D eigenvalue weighted by atomic mass is 32.1. The SMILES string of the molecule is CCOc1ccc(-c2csc(Nc3cccc4ccccc34)n2)cc1[NH+]([O-])O. The van der Waals surface area contributed by atoms with Crippen molar-refractivity contribution in [3.8, 4) is 17.0 Å². The lowest BCUT2D eigenvalue weighted by Crippen LogP contribution is -2.99. The van der Waals surface area contributed by atoms with Gasteiger partial charge < -0.3 is 15.3 Å². The third-order valence-electron chi connectivity index (χ3n) is 4.34. The minimum absolute atomic E-state index is 0.135. The van der Waals surface area contributed by atoms with Crippen LogP contribution in [0.3, 0.4) is 0 Å². The Morgan fingerprint density at radius 1 is 1.14 bits per heavy atom. The van der Waals surface area contributed by atoms with Gasteiger partial charge in [0.15, 0.2) is 10.9 Å². The van der Waals surface area contributed by atoms with Crippen molar-refractivity contribution in [2.75, 3.05) is 11.9 Å². The van der Waals surface area contributed by atoms with Crippen LogP contribution in [0.1, 0.15) is 6.92 Å². The summed E-state index contributed by atoms with van der Waals surface area (Å²) in [4.78, 5) is 4.63. The van der Waals surface area contributed by atoms with E-state index in [1.54, 1.807) is 12.1 Å². The summed E-state index contributed by atoms with van der Waals surface area (Å²) >= 11 is 1.48. The summed E-state index contributed by atoms with van der Waals surface area (Å²) in [5.74, 6) is 0.364. The summed E-state index contributed by atoms with van der Waals surface area (Å²) in [6, 6.07) is 19.4. The predicted molar refractivity (Wildman–Crippen MR) is 112 cm³/mol. The molecule has 0 spiro atoms. The van der Waals surface area contributed by atoms with Gasteiger partial charge in [0.05, 0.1) is 12.3 Å². The quantitative estimate of drug-likeness (QED) is 0.420. The number of ether oxygens (including phenoxy) is 1. The minimum Gasteiger partial charge on any atom is -0.595 e. The van der Waals surface area contributed by atoms with Gasteiger partial charge in [0, 0.05) is 28.1 Å². The van der Waals surface area contributed by atoms with Crippen molar-refractivity contribution >= 4 is 38.6 Å². The number of aromatic nitrogens is 1. The molecule has 1 heterocycles. The maximum Gasteiger partial charge on any atom is 0.206 e. The zero-order valence-electron chi connectivity index (χ0n) is 15.2. The van der Waals surface area contributed by atoms with E-state index < -0.39 is 5.23 Å². The Kier molecular flexibility index (Phi) is 5.23. The molecule has 28 heavy (non-hydrogen) atoms. The van der Waals surface area contributed by atoms with Gasteiger partial charge in [0.1, 0.15) is 0 Å². The predicted octanol–water partition coefficient (Wildman–Crippen LogP) is 4.51. The number of hydrogen-bond donors (Lipinski definition) is 3. The van der Waals surface area contributed by atoms with Crippen molar-refractivity contribution in [2.45, 2.75) is 6.92 Å². The standard InChI is InChI=1S/C21H19N3O3S/c1-2-27-20-11-10-15(12-19(20)24(25)26)18-13-28-21(23-18)22-17-9-5-7-14-6-3-4-8-16(14)17/h3-13,24-25H,2H2,1H3,(H,22,23). The summed E-state index contributed by atoms with van der Waals surface area (Å²) in [5.41, 5.74) is 2.58. The Morgan fingerprint density at radius 2 is 1.96 bits per heavy atom. The molecule has 0 aliphatic carbocycles. The normalized spacial score (nSPS) is 12.1. The Hall–Kier alpha value is -2.97. The molecule has 1 unspecified atom stereocenters. The van der Waals surface area contributed by atoms with Crippen LogP contribution in [0.15, 0.2) is 66.0 Å². The Labute approximate surface area is 166 Å². The zero-order chi connectivity index (χ0) is 19.5. The lowest BCUT2D eigenvalue weighted by atomic mass is 10.1. The highest BCUT2D eigenvalue weighted by Crippen LogP contribution is 2.33. The lowest BCUT2D eigenvalue weighted by Gasteiger charge is -2.16. The van der Waals surface area contributed by atoms with Crippen LogP contribution >= 0.6 is 11.3 Å². The topological polar surface area (TPSA) is 81.9 Å². The van der Waals surface area contributed by atoms with E-state index in [0.717, 1.165) is 32.8 Å². The van der Waals surface area contributed by atoms with Crippen LogP contribution in [0.4, 0.5) is 16.5 Å². The largest absolute Gasteiger partial charge is 0.595 e. The number of hydrogen-bond acceptors (Lipinski definition) is 6. The molecule has 142 valence electrons. The number of quaternary nitrogens is 1. The fourth-order valence-corrected chi connectivity index (χ4v) is 3.78. The summed E-state index contributed by atoms with van der Waals surface area (Å²) in [6.07, 6.45) is 0. The average molecular weight is 393 g/mol. The van der Waals surface area contributed by atoms with E-state index in [1.807, 2.05) is 42.6 Å². The third-order valence-corrected chi connectivity index (χ3v) is 5.10. The number of benzene rings is 3. The fourth-order valence-electron chi connectivity index (χ4n) is 3.05. The monoisotopic (exact) mass is 393 g/mol. The van der Waals surface area contributed by atoms with E-state index >= 15 is 0 Å². The number of anilines is 2. The number of rotatable bonds is 6. The second kappa shape index (κ2) is 7.95. The first-order valence-corrected chi connectivity index (χ1v) is 9.74. The van der Waals surface area contributed by atoms with Crippen LogP contribution in [-0.4, -0.2) is 16.8 Å². The van der Waals surface area contributed by atoms with Crippen LogP contribution < -0.4 is 15.3 Å². The van der Waals surface area contributed by atoms with Gasteiger partial charge in [-0.05, 0) is 30.5 Å². The fraction of sp³-hybridized carbons (Fsp3) is 0.0952. The molecule has 6 nitrogen and oxygen atoms in total. The highest BCUT2D eigenvalue weighted by molar-refractivity contribution is 7.14. The molecule has 3 aromatic carbocycles. The molecule has 7 heteroatoms. The van der Waals surface area contributed by atoms with Crippen LogP contribution in [0.5, 0.6) is 5.75 Å². The van der Waals surface area contributed by atoms with E-state index in [2.05, 4.69) is 28.5 Å². The van der Waals surface area contributed by atoms with Crippen LogP contribution in [-0.2, 0) is 0 Å². The first-order chi connectivity index (χ1) is 13.7. The Bertz CT molecular complexity index is 1110. The number of fused-ring (bicyclic) bond motifs is 1. The van der Waals surface area contributed by atoms with E-state index in [9.17, 15) is 10.4 Å². The summed E-state index contributed by atoms with van der Waals surface area (Å²) in [7, 11) is 0. The van der Waals surface area contributed by atoms with Crippen LogP contribution in [0.2, 0.25) is 0 Å². The van der Waals surface area contributed by atoms with Gasteiger partial charge >= 0.3 is 0 Å². The third kappa shape index (κ3) is 3.69. The number of nitrogens with zero attached hydrogens (tertiary/aromatic N) is 1. The van der Waals surface area contributed by atoms with E-state index in [4.69, 9.17) is 4.74 Å². The lowest BCUT2D eigenvalue weighted by molar-refractivity contribution is -0.991. The first-order valence-electron chi connectivity index (χ1n) is 8.86. The minimum atomic E-state index is -1.02. The molecule has 4 rings (SSSR count). The van der Waals surface area contributed by atoms with Gasteiger partial charge in [0.25, 0.3) is 0 Å². The number of thiazole rings is 1. The smallest absolute Gasteiger partial charge is 0.206 e. The molecule has 3 N–H and O–H groups in total. The Morgan fingerprint density at radius 3 is 2.79 bits per heavy atom. The van der Waals surface area contributed by atoms with Crippen LogP contribution in [0, 0.1) is 5.21 Å². The molecule has 0 radical (unpaired) electrons. The summed E-state index contributed by atoms with van der Waals surface area (Å²) < 4.78 is 5.40. The molecule has 0 aliphatic heterocycles. The van der Waals surface area contributed by atoms with Crippen molar-refractivity contribution in [1.82, 2.24) is 4.98 Å². The molecule has 1 aromatic heterocycles. The molecule has 0 fully saturated rings. The molecule has 0 bridgehead atoms. The van der Waals surface area contributed by atoms with Crippen molar-refractivity contribution < 1.29 is 15.2 Å². The molecular weight excluding hydrogens is 374 g/mol. The van der Waals surface area contributed by atoms with E-state index in [1.165, 1.54) is 11.3 Å². The highest BCUT2D eigenvalue weighted by Gasteiger charge is 2.14. The second-order valence-corrected chi connectivity index (χ2v) is 7.00. The Balaban J connectivity index is 1.63. The molecule has 0 amide bonds. The zero-order valence-corrected chi connectivity index (χ0v) is 16.0. The molecule has 0 saturated carbocycles. The second-order valence-electron chi connectivity index (χ2n) is 6.14. The van der Waals surface area contributed by atoms with Gasteiger partial charge in [-0.15, -0.1) is 11.3 Å². The van der Waals surface area contributed by atoms with Crippen molar-refractivity contribution in [3.05, 3.63) is 71.3 Å². The molecule has 0 saturated heterocycles. The molecule has 0 aliphatic rings. The summed E-state index contributed by atoms with van der Waals surface area (Å²) in [5, 5.41) is 28.3. The van der Waals surface area contributed by atoms with Crippen molar-refractivity contribution in [1.29, 1.82) is 0 Å². The van der Waals surface area contributed by atoms with E-state index in [-0.39, 0.29) is 5.69 Å². The van der Waals surface area contributed by atoms with Gasteiger partial charge in [-0.3, -0.25) is 0 Å². The van der Waals surface area contributed by atoms with Crippen molar-refractivity contribution in [3.63, 3.8) is 0 Å². The maximum absolute atomic E-state index is 11.5. The van der Waals surface area contributed by atoms with Crippen molar-refractivity contribution in [2.24, 2.45) is 0 Å². The summed E-state index contributed by atoms with van der Waals surface area (Å²) in [6.45, 7) is 2.24. The first kappa shape index (κ1) is 18.4. The average Bonchev–Trinajstić information content (AvgIpc) is 3.17. The molecule has 1 atom stereocenters. The maximum atomic E-state index is 11.5. The van der Waals surface area contributed by atoms with Crippen LogP contribution in [0.25, 0.3) is 22.0 Å². The van der Waals surface area contributed by atoms with E-state index in [0.29, 0.717) is 12.4 Å². The van der Waals surface area contributed by atoms with Gasteiger partial charge in [-0.2, -0.15) is 5.23 Å². The van der Waals surface area contributed by atoms with Gasteiger partial charge in [-0.25, -0.2) is 10.2 Å². The van der Waals surface area contributed by atoms with Gasteiger partial charge in [-0.1, -0.05) is 36.4 Å².